The molecule has 0 spiro atoms. The summed E-state index contributed by atoms with van der Waals surface area (Å²) in [7, 11) is 0. The van der Waals surface area contributed by atoms with Crippen LogP contribution in [0.4, 0.5) is 23.2 Å². The van der Waals surface area contributed by atoms with Gasteiger partial charge in [0.2, 0.25) is 0 Å². The Hall–Kier alpha value is -1.24. The number of anilines is 1. The molecule has 1 aromatic carbocycles. The minimum atomic E-state index is -4.49. The first-order valence-electron chi connectivity index (χ1n) is 6.60. The van der Waals surface area contributed by atoms with Crippen molar-refractivity contribution in [3.05, 3.63) is 29.6 Å². The first-order chi connectivity index (χ1) is 9.75. The zero-order valence-electron chi connectivity index (χ0n) is 11.7. The van der Waals surface area contributed by atoms with Gasteiger partial charge in [0.1, 0.15) is 5.82 Å². The number of benzene rings is 1. The Kier molecular flexibility index (Phi) is 4.81. The molecule has 2 nitrogen and oxygen atoms in total. The average molecular weight is 320 g/mol. The Morgan fingerprint density at radius 2 is 2.10 bits per heavy atom. The Labute approximate surface area is 125 Å². The van der Waals surface area contributed by atoms with Gasteiger partial charge in [0, 0.05) is 5.75 Å². The monoisotopic (exact) mass is 320 g/mol. The first-order valence-corrected chi connectivity index (χ1v) is 7.58. The maximum Gasteiger partial charge on any atom is 0.416 e. The Morgan fingerprint density at radius 1 is 1.38 bits per heavy atom. The quantitative estimate of drug-likeness (QED) is 0.811. The fourth-order valence-corrected chi connectivity index (χ4v) is 3.03. The maximum absolute atomic E-state index is 13.6. The summed E-state index contributed by atoms with van der Waals surface area (Å²) in [5.41, 5.74) is -1.07. The molecule has 116 valence electrons. The van der Waals surface area contributed by atoms with Crippen molar-refractivity contribution >= 4 is 22.6 Å². The van der Waals surface area contributed by atoms with E-state index in [1.54, 1.807) is 0 Å². The summed E-state index contributed by atoms with van der Waals surface area (Å²) in [6, 6.07) is 2.45. The van der Waals surface area contributed by atoms with Gasteiger partial charge in [0.15, 0.2) is 5.17 Å². The SMILES string of the molecule is CC(C)CC1CSC(Nc2cc(C(F)(F)F)ccc2F)=N1. The van der Waals surface area contributed by atoms with Crippen molar-refractivity contribution < 1.29 is 17.6 Å². The number of nitrogens with zero attached hydrogens (tertiary/aromatic N) is 1. The number of amidine groups is 1. The van der Waals surface area contributed by atoms with Gasteiger partial charge in [-0.1, -0.05) is 25.6 Å². The summed E-state index contributed by atoms with van der Waals surface area (Å²) in [6.45, 7) is 4.16. The summed E-state index contributed by atoms with van der Waals surface area (Å²) in [5, 5.41) is 3.13. The van der Waals surface area contributed by atoms with E-state index in [0.29, 0.717) is 11.1 Å². The van der Waals surface area contributed by atoms with Gasteiger partial charge in [0.05, 0.1) is 17.3 Å². The summed E-state index contributed by atoms with van der Waals surface area (Å²) >= 11 is 1.40. The number of aliphatic imine (C=N–C) groups is 1. The smallest absolute Gasteiger partial charge is 0.333 e. The predicted molar refractivity (Wildman–Crippen MR) is 78.2 cm³/mol. The third-order valence-electron chi connectivity index (χ3n) is 2.99. The molecule has 0 saturated carbocycles. The van der Waals surface area contributed by atoms with Gasteiger partial charge in [-0.15, -0.1) is 0 Å². The third kappa shape index (κ3) is 4.36. The van der Waals surface area contributed by atoms with Crippen molar-refractivity contribution in [3.63, 3.8) is 0 Å². The molecule has 1 atom stereocenters. The number of alkyl halides is 3. The average Bonchev–Trinajstić information content (AvgIpc) is 2.77. The normalized spacial score (nSPS) is 19.0. The molecule has 0 fully saturated rings. The van der Waals surface area contributed by atoms with E-state index in [2.05, 4.69) is 24.2 Å². The third-order valence-corrected chi connectivity index (χ3v) is 4.02. The number of halogens is 4. The van der Waals surface area contributed by atoms with Crippen LogP contribution in [0.25, 0.3) is 0 Å². The Bertz CT molecular complexity index is 540. The number of nitrogens with one attached hydrogen (secondary N) is 1. The molecular weight excluding hydrogens is 304 g/mol. The lowest BCUT2D eigenvalue weighted by Gasteiger charge is -2.11. The lowest BCUT2D eigenvalue weighted by atomic mass is 10.1. The van der Waals surface area contributed by atoms with Gasteiger partial charge in [-0.25, -0.2) is 4.39 Å². The molecule has 1 N–H and O–H groups in total. The van der Waals surface area contributed by atoms with Gasteiger partial charge in [-0.2, -0.15) is 13.2 Å². The minimum Gasteiger partial charge on any atom is -0.333 e. The Morgan fingerprint density at radius 3 is 2.71 bits per heavy atom. The summed E-state index contributed by atoms with van der Waals surface area (Å²) < 4.78 is 51.5. The van der Waals surface area contributed by atoms with E-state index in [4.69, 9.17) is 0 Å². The lowest BCUT2D eigenvalue weighted by molar-refractivity contribution is -0.137. The molecule has 0 radical (unpaired) electrons. The van der Waals surface area contributed by atoms with E-state index in [0.717, 1.165) is 30.4 Å². The van der Waals surface area contributed by atoms with Crippen LogP contribution in [-0.4, -0.2) is 17.0 Å². The van der Waals surface area contributed by atoms with Crippen molar-refractivity contribution in [2.45, 2.75) is 32.5 Å². The van der Waals surface area contributed by atoms with Crippen LogP contribution < -0.4 is 5.32 Å². The molecule has 0 aromatic heterocycles. The van der Waals surface area contributed by atoms with E-state index in [9.17, 15) is 17.6 Å². The highest BCUT2D eigenvalue weighted by Crippen LogP contribution is 2.32. The van der Waals surface area contributed by atoms with Crippen molar-refractivity contribution in [3.8, 4) is 0 Å². The van der Waals surface area contributed by atoms with Crippen molar-refractivity contribution in [2.24, 2.45) is 10.9 Å². The zero-order valence-corrected chi connectivity index (χ0v) is 12.5. The van der Waals surface area contributed by atoms with Gasteiger partial charge < -0.3 is 5.32 Å². The molecule has 0 aliphatic carbocycles. The van der Waals surface area contributed by atoms with Gasteiger partial charge in [0.25, 0.3) is 0 Å². The van der Waals surface area contributed by atoms with Crippen LogP contribution in [0.2, 0.25) is 0 Å². The second-order valence-electron chi connectivity index (χ2n) is 5.35. The zero-order chi connectivity index (χ0) is 15.6. The molecule has 21 heavy (non-hydrogen) atoms. The molecule has 0 amide bonds. The number of hydrogen-bond acceptors (Lipinski definition) is 3. The van der Waals surface area contributed by atoms with E-state index in [-0.39, 0.29) is 11.7 Å². The maximum atomic E-state index is 13.6. The lowest BCUT2D eigenvalue weighted by Crippen LogP contribution is -2.11. The van der Waals surface area contributed by atoms with E-state index in [1.165, 1.54) is 11.8 Å². The molecule has 0 bridgehead atoms. The summed E-state index contributed by atoms with van der Waals surface area (Å²) in [6.07, 6.45) is -3.59. The minimum absolute atomic E-state index is 0.131. The molecular formula is C14H16F4N2S. The van der Waals surface area contributed by atoms with Crippen LogP contribution in [-0.2, 0) is 6.18 Å². The summed E-state index contributed by atoms with van der Waals surface area (Å²) in [5.74, 6) is 0.531. The molecule has 2 rings (SSSR count). The van der Waals surface area contributed by atoms with E-state index in [1.807, 2.05) is 0 Å². The van der Waals surface area contributed by atoms with E-state index >= 15 is 0 Å². The second kappa shape index (κ2) is 6.25. The van der Waals surface area contributed by atoms with E-state index < -0.39 is 17.6 Å². The standard InChI is InChI=1S/C14H16F4N2S/c1-8(2)5-10-7-21-13(19-10)20-12-6-9(14(16,17)18)3-4-11(12)15/h3-4,6,8,10H,5,7H2,1-2H3,(H,19,20). The summed E-state index contributed by atoms with van der Waals surface area (Å²) in [4.78, 5) is 4.38. The molecule has 1 heterocycles. The van der Waals surface area contributed by atoms with Gasteiger partial charge >= 0.3 is 6.18 Å². The van der Waals surface area contributed by atoms with Gasteiger partial charge in [-0.05, 0) is 30.5 Å². The molecule has 7 heteroatoms. The highest BCUT2D eigenvalue weighted by Gasteiger charge is 2.31. The Balaban J connectivity index is 2.13. The van der Waals surface area contributed by atoms with Gasteiger partial charge in [-0.3, -0.25) is 4.99 Å². The molecule has 1 unspecified atom stereocenters. The number of thioether (sulfide) groups is 1. The highest BCUT2D eigenvalue weighted by atomic mass is 32.2. The fraction of sp³-hybridized carbons (Fsp3) is 0.500. The number of rotatable bonds is 3. The van der Waals surface area contributed by atoms with Crippen molar-refractivity contribution in [1.82, 2.24) is 0 Å². The molecule has 1 aromatic rings. The van der Waals surface area contributed by atoms with Crippen LogP contribution in [0.15, 0.2) is 23.2 Å². The van der Waals surface area contributed by atoms with Crippen LogP contribution in [0.3, 0.4) is 0 Å². The fourth-order valence-electron chi connectivity index (χ4n) is 2.06. The topological polar surface area (TPSA) is 24.4 Å². The highest BCUT2D eigenvalue weighted by molar-refractivity contribution is 8.14. The molecule has 1 aliphatic heterocycles. The molecule has 0 saturated heterocycles. The largest absolute Gasteiger partial charge is 0.416 e. The first kappa shape index (κ1) is 16.1. The molecule has 1 aliphatic rings. The van der Waals surface area contributed by atoms with Crippen molar-refractivity contribution in [2.75, 3.05) is 11.1 Å². The van der Waals surface area contributed by atoms with Crippen LogP contribution in [0, 0.1) is 11.7 Å². The predicted octanol–water partition coefficient (Wildman–Crippen LogP) is 4.77. The van der Waals surface area contributed by atoms with Crippen LogP contribution in [0.5, 0.6) is 0 Å². The van der Waals surface area contributed by atoms with Crippen molar-refractivity contribution in [1.29, 1.82) is 0 Å². The van der Waals surface area contributed by atoms with Crippen LogP contribution in [0.1, 0.15) is 25.8 Å². The van der Waals surface area contributed by atoms with Crippen LogP contribution >= 0.6 is 11.8 Å². The second-order valence-corrected chi connectivity index (χ2v) is 6.35. The number of hydrogen-bond donors (Lipinski definition) is 1.